The highest BCUT2D eigenvalue weighted by Crippen LogP contribution is 2.42. The third-order valence-corrected chi connectivity index (χ3v) is 5.06. The molecule has 2 bridgehead atoms. The Labute approximate surface area is 138 Å². The third-order valence-electron chi connectivity index (χ3n) is 4.68. The lowest BCUT2D eigenvalue weighted by Crippen LogP contribution is -2.56. The molecule has 2 atom stereocenters. The number of hydrogen-bond donors (Lipinski definition) is 1. The van der Waals surface area contributed by atoms with Gasteiger partial charge in [-0.2, -0.15) is 0 Å². The number of piperidine rings is 2. The van der Waals surface area contributed by atoms with Crippen molar-refractivity contribution in [1.29, 1.82) is 0 Å². The molecule has 22 heavy (non-hydrogen) atoms. The number of rotatable bonds is 4. The van der Waals surface area contributed by atoms with Gasteiger partial charge in [-0.25, -0.2) is 9.78 Å². The van der Waals surface area contributed by atoms with Crippen molar-refractivity contribution in [2.75, 3.05) is 13.7 Å². The normalized spacial score (nSPS) is 31.0. The summed E-state index contributed by atoms with van der Waals surface area (Å²) < 4.78 is 13.6. The van der Waals surface area contributed by atoms with Crippen LogP contribution in [-0.2, 0) is 26.9 Å². The highest BCUT2D eigenvalue weighted by Gasteiger charge is 2.47. The fraction of sp³-hybridized carbons (Fsp3) is 0.733. The Morgan fingerprint density at radius 2 is 2.18 bits per heavy atom. The van der Waals surface area contributed by atoms with E-state index in [1.165, 1.54) is 13.5 Å². The van der Waals surface area contributed by atoms with Gasteiger partial charge in [-0.1, -0.05) is 6.42 Å². The maximum atomic E-state index is 11.6. The van der Waals surface area contributed by atoms with Crippen LogP contribution in [0.25, 0.3) is 0 Å². The minimum atomic E-state index is -0.532. The molecule has 2 aliphatic heterocycles. The average Bonchev–Trinajstić information content (AvgIpc) is 2.84. The zero-order valence-electron chi connectivity index (χ0n) is 13.0. The van der Waals surface area contributed by atoms with Crippen molar-refractivity contribution in [3.63, 3.8) is 0 Å². The Kier molecular flexibility index (Phi) is 4.56. The standard InChI is InChI=1S/C15H22BrN3O3/c1-19-8-12(16)18-14(19)15(22-9-13(20)21-2)6-10-4-3-5-11(7-15)17-10/h8,10-11,17H,3-7,9H2,1-2H3. The number of halogens is 1. The van der Waals surface area contributed by atoms with E-state index in [0.29, 0.717) is 12.1 Å². The van der Waals surface area contributed by atoms with Crippen LogP contribution < -0.4 is 5.32 Å². The van der Waals surface area contributed by atoms with Crippen molar-refractivity contribution in [3.05, 3.63) is 16.6 Å². The maximum Gasteiger partial charge on any atom is 0.331 e. The molecule has 122 valence electrons. The van der Waals surface area contributed by atoms with Gasteiger partial charge in [-0.15, -0.1) is 0 Å². The topological polar surface area (TPSA) is 65.4 Å². The number of hydrogen-bond acceptors (Lipinski definition) is 5. The van der Waals surface area contributed by atoms with Crippen molar-refractivity contribution in [1.82, 2.24) is 14.9 Å². The van der Waals surface area contributed by atoms with Gasteiger partial charge in [-0.05, 0) is 41.6 Å². The first-order valence-electron chi connectivity index (χ1n) is 7.68. The van der Waals surface area contributed by atoms with E-state index in [4.69, 9.17) is 9.47 Å². The predicted molar refractivity (Wildman–Crippen MR) is 84.4 cm³/mol. The maximum absolute atomic E-state index is 11.6. The lowest BCUT2D eigenvalue weighted by atomic mass is 9.76. The number of ether oxygens (including phenoxy) is 2. The van der Waals surface area contributed by atoms with Gasteiger partial charge >= 0.3 is 5.97 Å². The van der Waals surface area contributed by atoms with E-state index < -0.39 is 5.60 Å². The van der Waals surface area contributed by atoms with Gasteiger partial charge in [0, 0.05) is 25.3 Å². The number of methoxy groups -OCH3 is 1. The molecule has 0 aromatic carbocycles. The Morgan fingerprint density at radius 3 is 2.73 bits per heavy atom. The summed E-state index contributed by atoms with van der Waals surface area (Å²) in [5.41, 5.74) is -0.532. The summed E-state index contributed by atoms with van der Waals surface area (Å²) in [6, 6.07) is 0.834. The second-order valence-electron chi connectivity index (χ2n) is 6.26. The Hall–Kier alpha value is -0.920. The van der Waals surface area contributed by atoms with E-state index in [1.54, 1.807) is 0 Å². The molecule has 0 amide bonds. The summed E-state index contributed by atoms with van der Waals surface area (Å²) in [6.07, 6.45) is 7.13. The van der Waals surface area contributed by atoms with Crippen molar-refractivity contribution in [2.24, 2.45) is 7.05 Å². The first-order chi connectivity index (χ1) is 10.5. The van der Waals surface area contributed by atoms with Crippen LogP contribution in [0.3, 0.4) is 0 Å². The van der Waals surface area contributed by atoms with Crippen LogP contribution in [0.2, 0.25) is 0 Å². The smallest absolute Gasteiger partial charge is 0.331 e. The summed E-state index contributed by atoms with van der Waals surface area (Å²) in [5.74, 6) is 0.526. The Bertz CT molecular complexity index is 548. The minimum absolute atomic E-state index is 0.0413. The minimum Gasteiger partial charge on any atom is -0.467 e. The van der Waals surface area contributed by atoms with Crippen LogP contribution >= 0.6 is 15.9 Å². The highest BCUT2D eigenvalue weighted by atomic mass is 79.9. The molecule has 2 unspecified atom stereocenters. The number of aromatic nitrogens is 2. The summed E-state index contributed by atoms with van der Waals surface area (Å²) in [7, 11) is 3.35. The molecular formula is C15H22BrN3O3. The number of carbonyl (C=O) groups excluding carboxylic acids is 1. The predicted octanol–water partition coefficient (Wildman–Crippen LogP) is 1.87. The van der Waals surface area contributed by atoms with Crippen LogP contribution in [-0.4, -0.2) is 41.3 Å². The van der Waals surface area contributed by atoms with Gasteiger partial charge in [0.1, 0.15) is 22.6 Å². The van der Waals surface area contributed by atoms with Crippen LogP contribution in [0.5, 0.6) is 0 Å². The fourth-order valence-electron chi connectivity index (χ4n) is 3.79. The monoisotopic (exact) mass is 371 g/mol. The molecular weight excluding hydrogens is 350 g/mol. The van der Waals surface area contributed by atoms with Gasteiger partial charge in [0.05, 0.1) is 7.11 Å². The third kappa shape index (κ3) is 3.07. The molecule has 1 N–H and O–H groups in total. The molecule has 2 aliphatic rings. The van der Waals surface area contributed by atoms with E-state index in [-0.39, 0.29) is 12.6 Å². The van der Waals surface area contributed by atoms with Crippen LogP contribution in [0.1, 0.15) is 37.9 Å². The summed E-state index contributed by atoms with van der Waals surface area (Å²) >= 11 is 3.43. The average molecular weight is 372 g/mol. The molecule has 0 aliphatic carbocycles. The number of nitrogens with zero attached hydrogens (tertiary/aromatic N) is 2. The van der Waals surface area contributed by atoms with Gasteiger partial charge in [0.15, 0.2) is 0 Å². The van der Waals surface area contributed by atoms with Crippen molar-refractivity contribution < 1.29 is 14.3 Å². The lowest BCUT2D eigenvalue weighted by Gasteiger charge is -2.47. The second-order valence-corrected chi connectivity index (χ2v) is 7.07. The zero-order chi connectivity index (χ0) is 15.7. The zero-order valence-corrected chi connectivity index (χ0v) is 14.6. The van der Waals surface area contributed by atoms with E-state index in [0.717, 1.165) is 36.1 Å². The Balaban J connectivity index is 1.91. The molecule has 3 heterocycles. The molecule has 0 saturated carbocycles. The largest absolute Gasteiger partial charge is 0.467 e. The molecule has 2 fully saturated rings. The van der Waals surface area contributed by atoms with Crippen molar-refractivity contribution >= 4 is 21.9 Å². The highest BCUT2D eigenvalue weighted by molar-refractivity contribution is 9.10. The molecule has 2 saturated heterocycles. The van der Waals surface area contributed by atoms with Gasteiger partial charge < -0.3 is 19.4 Å². The summed E-state index contributed by atoms with van der Waals surface area (Å²) in [6.45, 7) is -0.0413. The van der Waals surface area contributed by atoms with Gasteiger partial charge in [0.2, 0.25) is 0 Å². The second kappa shape index (κ2) is 6.29. The first-order valence-corrected chi connectivity index (χ1v) is 8.48. The number of fused-ring (bicyclic) bond motifs is 2. The summed E-state index contributed by atoms with van der Waals surface area (Å²) in [5, 5.41) is 3.66. The fourth-order valence-corrected chi connectivity index (χ4v) is 4.26. The van der Waals surface area contributed by atoms with Crippen molar-refractivity contribution in [2.45, 2.75) is 49.8 Å². The first kappa shape index (κ1) is 16.0. The lowest BCUT2D eigenvalue weighted by molar-refractivity contribution is -0.161. The molecule has 1 aromatic heterocycles. The van der Waals surface area contributed by atoms with E-state index in [9.17, 15) is 4.79 Å². The van der Waals surface area contributed by atoms with E-state index in [1.807, 2.05) is 17.8 Å². The molecule has 7 heteroatoms. The van der Waals surface area contributed by atoms with Crippen LogP contribution in [0.15, 0.2) is 10.8 Å². The van der Waals surface area contributed by atoms with Crippen LogP contribution in [0, 0.1) is 0 Å². The molecule has 1 aromatic rings. The number of carbonyl (C=O) groups is 1. The SMILES string of the molecule is COC(=O)COC1(c2nc(Br)cn2C)CC2CCCC(C1)N2. The number of nitrogens with one attached hydrogen (secondary N) is 1. The van der Waals surface area contributed by atoms with Crippen LogP contribution in [0.4, 0.5) is 0 Å². The molecule has 6 nitrogen and oxygen atoms in total. The molecule has 3 rings (SSSR count). The number of imidazole rings is 1. The quantitative estimate of drug-likeness (QED) is 0.818. The van der Waals surface area contributed by atoms with E-state index >= 15 is 0 Å². The molecule has 0 spiro atoms. The van der Waals surface area contributed by atoms with Gasteiger partial charge in [0.25, 0.3) is 0 Å². The molecule has 0 radical (unpaired) electrons. The Morgan fingerprint density at radius 1 is 1.50 bits per heavy atom. The number of aryl methyl sites for hydroxylation is 1. The van der Waals surface area contributed by atoms with Crippen molar-refractivity contribution in [3.8, 4) is 0 Å². The van der Waals surface area contributed by atoms with Gasteiger partial charge in [-0.3, -0.25) is 0 Å². The summed E-state index contributed by atoms with van der Waals surface area (Å²) in [4.78, 5) is 16.2. The number of esters is 1. The van der Waals surface area contributed by atoms with E-state index in [2.05, 4.69) is 26.2 Å².